The number of nitrogens with zero attached hydrogens (tertiary/aromatic N) is 2. The highest BCUT2D eigenvalue weighted by atomic mass is 16.3. The highest BCUT2D eigenvalue weighted by Gasteiger charge is 2.43. The summed E-state index contributed by atoms with van der Waals surface area (Å²) in [5.74, 6) is -0.321. The van der Waals surface area contributed by atoms with Crippen molar-refractivity contribution >= 4 is 22.3 Å². The summed E-state index contributed by atoms with van der Waals surface area (Å²) < 4.78 is 4.19. The Hall–Kier alpha value is -2.75. The molecule has 1 aliphatic rings. The van der Waals surface area contributed by atoms with Crippen molar-refractivity contribution in [2.75, 3.05) is 0 Å². The summed E-state index contributed by atoms with van der Waals surface area (Å²) in [7, 11) is 0. The zero-order chi connectivity index (χ0) is 18.3. The first-order valence-electron chi connectivity index (χ1n) is 9.38. The average molecular weight is 348 g/mol. The summed E-state index contributed by atoms with van der Waals surface area (Å²) in [5, 5.41) is 11.9. The van der Waals surface area contributed by atoms with Crippen LogP contribution < -0.4 is 0 Å². The fourth-order valence-electron chi connectivity index (χ4n) is 3.95. The molecule has 0 amide bonds. The summed E-state index contributed by atoms with van der Waals surface area (Å²) in [6.07, 6.45) is 4.07. The average Bonchev–Trinajstić information content (AvgIpc) is 3.24. The molecule has 2 aromatic heterocycles. The number of unbranched alkanes of at least 4 members (excludes halogenated alkanes) is 1. The molecule has 4 nitrogen and oxygen atoms in total. The van der Waals surface area contributed by atoms with Crippen LogP contribution in [0.25, 0.3) is 16.5 Å². The first-order valence-corrected chi connectivity index (χ1v) is 9.38. The minimum absolute atomic E-state index is 0.0106. The minimum atomic E-state index is -0.530. The SMILES string of the molecule is CCCCn1c(C2=C(O)C(c3cccn3CC)C2=O)cc2ccccc21. The molecule has 0 bridgehead atoms. The van der Waals surface area contributed by atoms with E-state index in [4.69, 9.17) is 0 Å². The number of aliphatic hydroxyl groups excluding tert-OH is 1. The quantitative estimate of drug-likeness (QED) is 0.689. The number of para-hydroxylation sites is 1. The van der Waals surface area contributed by atoms with Crippen LogP contribution in [-0.4, -0.2) is 20.0 Å². The first-order chi connectivity index (χ1) is 12.7. The monoisotopic (exact) mass is 348 g/mol. The Morgan fingerprint density at radius 1 is 1.12 bits per heavy atom. The molecule has 0 saturated carbocycles. The maximum Gasteiger partial charge on any atom is 0.184 e. The van der Waals surface area contributed by atoms with Crippen LogP contribution in [0.5, 0.6) is 0 Å². The summed E-state index contributed by atoms with van der Waals surface area (Å²) in [5.41, 5.74) is 3.30. The Bertz CT molecular complexity index is 1010. The van der Waals surface area contributed by atoms with E-state index in [-0.39, 0.29) is 11.5 Å². The largest absolute Gasteiger partial charge is 0.510 e. The van der Waals surface area contributed by atoms with Gasteiger partial charge in [0.05, 0.1) is 11.3 Å². The number of hydrogen-bond acceptors (Lipinski definition) is 2. The summed E-state index contributed by atoms with van der Waals surface area (Å²) >= 11 is 0. The molecule has 1 atom stereocenters. The number of hydrogen-bond donors (Lipinski definition) is 1. The number of aliphatic hydroxyl groups is 1. The van der Waals surface area contributed by atoms with Gasteiger partial charge in [-0.15, -0.1) is 0 Å². The van der Waals surface area contributed by atoms with Gasteiger partial charge in [-0.1, -0.05) is 31.5 Å². The van der Waals surface area contributed by atoms with Crippen LogP contribution in [0, 0.1) is 0 Å². The van der Waals surface area contributed by atoms with Gasteiger partial charge >= 0.3 is 0 Å². The molecule has 4 heteroatoms. The predicted molar refractivity (Wildman–Crippen MR) is 104 cm³/mol. The van der Waals surface area contributed by atoms with Gasteiger partial charge in [-0.05, 0) is 37.6 Å². The number of carbonyl (C=O) groups excluding carboxylic acids is 1. The second-order valence-electron chi connectivity index (χ2n) is 6.87. The Morgan fingerprint density at radius 2 is 1.92 bits per heavy atom. The van der Waals surface area contributed by atoms with Gasteiger partial charge in [0.2, 0.25) is 0 Å². The molecule has 1 aromatic carbocycles. The van der Waals surface area contributed by atoms with Crippen LogP contribution in [0.2, 0.25) is 0 Å². The minimum Gasteiger partial charge on any atom is -0.510 e. The molecule has 3 aromatic rings. The number of benzene rings is 1. The van der Waals surface area contributed by atoms with E-state index in [0.29, 0.717) is 5.57 Å². The van der Waals surface area contributed by atoms with Gasteiger partial charge in [-0.2, -0.15) is 0 Å². The number of ketones is 1. The summed E-state index contributed by atoms with van der Waals surface area (Å²) in [6, 6.07) is 14.0. The zero-order valence-electron chi connectivity index (χ0n) is 15.3. The van der Waals surface area contributed by atoms with Crippen LogP contribution in [0.4, 0.5) is 0 Å². The summed E-state index contributed by atoms with van der Waals surface area (Å²) in [6.45, 7) is 5.83. The number of aromatic nitrogens is 2. The second kappa shape index (κ2) is 6.52. The van der Waals surface area contributed by atoms with Crippen molar-refractivity contribution in [2.24, 2.45) is 0 Å². The number of rotatable bonds is 6. The third-order valence-electron chi connectivity index (χ3n) is 5.34. The fourth-order valence-corrected chi connectivity index (χ4v) is 3.95. The molecule has 0 spiro atoms. The third-order valence-corrected chi connectivity index (χ3v) is 5.34. The van der Waals surface area contributed by atoms with Gasteiger partial charge in [0.15, 0.2) is 5.78 Å². The number of aryl methyl sites for hydroxylation is 2. The lowest BCUT2D eigenvalue weighted by Crippen LogP contribution is -2.31. The van der Waals surface area contributed by atoms with E-state index < -0.39 is 5.92 Å². The third kappa shape index (κ3) is 2.40. The molecule has 4 rings (SSSR count). The van der Waals surface area contributed by atoms with E-state index in [1.165, 1.54) is 0 Å². The van der Waals surface area contributed by atoms with Gasteiger partial charge in [-0.25, -0.2) is 0 Å². The van der Waals surface area contributed by atoms with Crippen LogP contribution in [0.15, 0.2) is 54.4 Å². The lowest BCUT2D eigenvalue weighted by atomic mass is 9.78. The predicted octanol–water partition coefficient (Wildman–Crippen LogP) is 4.90. The number of carbonyl (C=O) groups is 1. The van der Waals surface area contributed by atoms with Gasteiger partial charge in [-0.3, -0.25) is 4.79 Å². The highest BCUT2D eigenvalue weighted by molar-refractivity contribution is 6.32. The number of Topliss-reactive ketones (excluding diaryl/α,β-unsaturated/α-hetero) is 1. The fraction of sp³-hybridized carbons (Fsp3) is 0.318. The van der Waals surface area contributed by atoms with Gasteiger partial charge < -0.3 is 14.2 Å². The van der Waals surface area contributed by atoms with Gasteiger partial charge in [0, 0.05) is 35.9 Å². The van der Waals surface area contributed by atoms with Crippen LogP contribution in [0.3, 0.4) is 0 Å². The van der Waals surface area contributed by atoms with E-state index in [1.54, 1.807) is 0 Å². The molecule has 1 N–H and O–H groups in total. The van der Waals surface area contributed by atoms with E-state index in [9.17, 15) is 9.90 Å². The summed E-state index contributed by atoms with van der Waals surface area (Å²) in [4.78, 5) is 13.0. The van der Waals surface area contributed by atoms with E-state index in [0.717, 1.165) is 48.2 Å². The zero-order valence-corrected chi connectivity index (χ0v) is 15.3. The highest BCUT2D eigenvalue weighted by Crippen LogP contribution is 2.44. The molecule has 1 unspecified atom stereocenters. The maximum absolute atomic E-state index is 13.0. The molecule has 26 heavy (non-hydrogen) atoms. The molecule has 1 aliphatic carbocycles. The lowest BCUT2D eigenvalue weighted by Gasteiger charge is -2.29. The first kappa shape index (κ1) is 16.7. The number of fused-ring (bicyclic) bond motifs is 1. The molecule has 0 aliphatic heterocycles. The van der Waals surface area contributed by atoms with Crippen LogP contribution in [0.1, 0.15) is 44.0 Å². The molecule has 0 radical (unpaired) electrons. The van der Waals surface area contributed by atoms with Crippen molar-refractivity contribution in [3.8, 4) is 0 Å². The van der Waals surface area contributed by atoms with Crippen LogP contribution >= 0.6 is 0 Å². The maximum atomic E-state index is 13.0. The molecule has 0 fully saturated rings. The Kier molecular flexibility index (Phi) is 4.19. The van der Waals surface area contributed by atoms with Crippen molar-refractivity contribution in [1.82, 2.24) is 9.13 Å². The van der Waals surface area contributed by atoms with E-state index >= 15 is 0 Å². The van der Waals surface area contributed by atoms with Crippen molar-refractivity contribution in [1.29, 1.82) is 0 Å². The lowest BCUT2D eigenvalue weighted by molar-refractivity contribution is -0.117. The van der Waals surface area contributed by atoms with Gasteiger partial charge in [0.25, 0.3) is 0 Å². The van der Waals surface area contributed by atoms with E-state index in [2.05, 4.69) is 23.6 Å². The molecular formula is C22H24N2O2. The Morgan fingerprint density at radius 3 is 2.65 bits per heavy atom. The van der Waals surface area contributed by atoms with Crippen molar-refractivity contribution in [3.05, 3.63) is 65.8 Å². The molecule has 134 valence electrons. The van der Waals surface area contributed by atoms with Crippen molar-refractivity contribution in [3.63, 3.8) is 0 Å². The topological polar surface area (TPSA) is 47.2 Å². The smallest absolute Gasteiger partial charge is 0.184 e. The Balaban J connectivity index is 1.82. The van der Waals surface area contributed by atoms with E-state index in [1.807, 2.05) is 48.0 Å². The normalized spacial score (nSPS) is 17.2. The van der Waals surface area contributed by atoms with Crippen molar-refractivity contribution < 1.29 is 9.90 Å². The second-order valence-corrected chi connectivity index (χ2v) is 6.87. The number of allylic oxidation sites excluding steroid dienone is 2. The Labute approximate surface area is 153 Å². The molecular weight excluding hydrogens is 324 g/mol. The molecule has 2 heterocycles. The van der Waals surface area contributed by atoms with Gasteiger partial charge in [0.1, 0.15) is 11.7 Å². The standard InChI is InChI=1S/C22H24N2O2/c1-3-5-13-24-16-10-7-6-9-15(16)14-18(24)20-21(25)19(22(20)26)17-11-8-12-23(17)4-2/h6-12,14,19,25H,3-5,13H2,1-2H3. The molecule has 0 saturated heterocycles. The van der Waals surface area contributed by atoms with Crippen LogP contribution in [-0.2, 0) is 17.9 Å². The van der Waals surface area contributed by atoms with Crippen molar-refractivity contribution in [2.45, 2.75) is 45.7 Å².